The second-order valence-corrected chi connectivity index (χ2v) is 14.9. The van der Waals surface area contributed by atoms with Crippen molar-refractivity contribution >= 4 is 92.7 Å². The normalized spacial score (nSPS) is 11.9. The molecule has 0 saturated heterocycles. The minimum absolute atomic E-state index is 1.12. The molecular weight excluding hydrogens is 677 g/mol. The topological polar surface area (TPSA) is 8.17 Å². The highest BCUT2D eigenvalue weighted by Crippen LogP contribution is 2.45. The second kappa shape index (κ2) is 12.0. The van der Waals surface area contributed by atoms with Crippen LogP contribution in [0.3, 0.4) is 0 Å². The van der Waals surface area contributed by atoms with Gasteiger partial charge >= 0.3 is 0 Å². The van der Waals surface area contributed by atoms with Crippen LogP contribution in [-0.2, 0) is 0 Å². The number of aromatic nitrogens is 1. The van der Waals surface area contributed by atoms with Crippen molar-refractivity contribution in [2.24, 2.45) is 0 Å². The zero-order valence-corrected chi connectivity index (χ0v) is 30.5. The molecule has 1 aromatic heterocycles. The summed E-state index contributed by atoms with van der Waals surface area (Å²) in [4.78, 5) is 2.41. The largest absolute Gasteiger partial charge is 0.310 e. The van der Waals surface area contributed by atoms with Crippen molar-refractivity contribution < 1.29 is 0 Å². The van der Waals surface area contributed by atoms with Crippen molar-refractivity contribution in [3.63, 3.8) is 0 Å². The average molecular weight is 711 g/mol. The molecule has 0 aliphatic heterocycles. The highest BCUT2D eigenvalue weighted by Gasteiger charge is 2.20. The molecule has 0 radical (unpaired) electrons. The minimum atomic E-state index is 1.12. The quantitative estimate of drug-likeness (QED) is 0.161. The molecular formula is C54H34N2. The van der Waals surface area contributed by atoms with E-state index in [1.807, 2.05) is 0 Å². The highest BCUT2D eigenvalue weighted by molar-refractivity contribution is 6.25. The fourth-order valence-electron chi connectivity index (χ4n) is 9.38. The van der Waals surface area contributed by atoms with Gasteiger partial charge in [-0.25, -0.2) is 0 Å². The fourth-order valence-corrected chi connectivity index (χ4v) is 9.38. The molecule has 2 nitrogen and oxygen atoms in total. The van der Waals surface area contributed by atoms with Crippen LogP contribution >= 0.6 is 0 Å². The van der Waals surface area contributed by atoms with Gasteiger partial charge in [-0.05, 0) is 144 Å². The summed E-state index contributed by atoms with van der Waals surface area (Å²) in [7, 11) is 0. The molecule has 56 heavy (non-hydrogen) atoms. The van der Waals surface area contributed by atoms with E-state index in [1.54, 1.807) is 0 Å². The van der Waals surface area contributed by atoms with Gasteiger partial charge in [-0.2, -0.15) is 0 Å². The summed E-state index contributed by atoms with van der Waals surface area (Å²) in [6.45, 7) is 0. The maximum atomic E-state index is 2.41. The smallest absolute Gasteiger partial charge is 0.0542 e. The molecule has 1 heterocycles. The van der Waals surface area contributed by atoms with E-state index in [1.165, 1.54) is 86.8 Å². The third-order valence-electron chi connectivity index (χ3n) is 11.8. The van der Waals surface area contributed by atoms with E-state index in [0.717, 1.165) is 22.7 Å². The van der Waals surface area contributed by atoms with E-state index < -0.39 is 0 Å². The maximum absolute atomic E-state index is 2.41. The molecule has 0 aliphatic rings. The summed E-state index contributed by atoms with van der Waals surface area (Å²) in [6.07, 6.45) is 0. The van der Waals surface area contributed by atoms with Crippen LogP contribution in [-0.4, -0.2) is 4.57 Å². The Kier molecular flexibility index (Phi) is 6.66. The molecule has 0 atom stereocenters. The van der Waals surface area contributed by atoms with Crippen molar-refractivity contribution in [1.29, 1.82) is 0 Å². The first-order valence-corrected chi connectivity index (χ1v) is 19.3. The van der Waals surface area contributed by atoms with Crippen molar-refractivity contribution in [3.05, 3.63) is 206 Å². The Morgan fingerprint density at radius 2 is 0.857 bits per heavy atom. The highest BCUT2D eigenvalue weighted by atomic mass is 15.1. The number of benzene rings is 11. The van der Waals surface area contributed by atoms with Crippen molar-refractivity contribution in [3.8, 4) is 16.8 Å². The van der Waals surface area contributed by atoms with Crippen LogP contribution in [0.15, 0.2) is 206 Å². The van der Waals surface area contributed by atoms with E-state index in [2.05, 4.69) is 216 Å². The van der Waals surface area contributed by atoms with Gasteiger partial charge in [0.05, 0.1) is 11.0 Å². The summed E-state index contributed by atoms with van der Waals surface area (Å²) in [6, 6.07) is 75.8. The van der Waals surface area contributed by atoms with E-state index in [0.29, 0.717) is 0 Å². The van der Waals surface area contributed by atoms with Crippen molar-refractivity contribution in [2.75, 3.05) is 4.90 Å². The molecule has 0 N–H and O–H groups in total. The van der Waals surface area contributed by atoms with Crippen LogP contribution in [0.2, 0.25) is 0 Å². The van der Waals surface area contributed by atoms with Gasteiger partial charge < -0.3 is 9.47 Å². The second-order valence-electron chi connectivity index (χ2n) is 14.9. The molecule has 0 saturated carbocycles. The Labute approximate surface area is 324 Å². The van der Waals surface area contributed by atoms with E-state index in [-0.39, 0.29) is 0 Å². The lowest BCUT2D eigenvalue weighted by Crippen LogP contribution is -2.10. The molecule has 12 aromatic rings. The summed E-state index contributed by atoms with van der Waals surface area (Å²) in [5, 5.41) is 15.3. The van der Waals surface area contributed by atoms with E-state index >= 15 is 0 Å². The van der Waals surface area contributed by atoms with Crippen LogP contribution in [0.5, 0.6) is 0 Å². The minimum Gasteiger partial charge on any atom is -0.310 e. The molecule has 11 aromatic carbocycles. The van der Waals surface area contributed by atoms with E-state index in [4.69, 9.17) is 0 Å². The Hall–Kier alpha value is -7.42. The third kappa shape index (κ3) is 4.63. The summed E-state index contributed by atoms with van der Waals surface area (Å²) < 4.78 is 2.38. The van der Waals surface area contributed by atoms with Crippen molar-refractivity contribution in [2.45, 2.75) is 0 Å². The average Bonchev–Trinajstić information content (AvgIpc) is 3.59. The number of hydrogen-bond acceptors (Lipinski definition) is 1. The van der Waals surface area contributed by atoms with Crippen LogP contribution in [0.4, 0.5) is 17.1 Å². The summed E-state index contributed by atoms with van der Waals surface area (Å²) in [5.41, 5.74) is 9.47. The first-order chi connectivity index (χ1) is 27.8. The van der Waals surface area contributed by atoms with Gasteiger partial charge in [0.25, 0.3) is 0 Å². The lowest BCUT2D eigenvalue weighted by Gasteiger charge is -2.27. The van der Waals surface area contributed by atoms with Gasteiger partial charge in [-0.15, -0.1) is 0 Å². The molecule has 0 bridgehead atoms. The molecule has 260 valence electrons. The Morgan fingerprint density at radius 1 is 0.304 bits per heavy atom. The molecule has 0 fully saturated rings. The lowest BCUT2D eigenvalue weighted by molar-refractivity contribution is 1.18. The third-order valence-corrected chi connectivity index (χ3v) is 11.8. The van der Waals surface area contributed by atoms with Gasteiger partial charge in [-0.1, -0.05) is 127 Å². The predicted octanol–water partition coefficient (Wildman–Crippen LogP) is 15.1. The molecule has 0 unspecified atom stereocenters. The molecule has 0 aliphatic carbocycles. The van der Waals surface area contributed by atoms with Crippen LogP contribution < -0.4 is 4.90 Å². The Morgan fingerprint density at radius 3 is 1.57 bits per heavy atom. The summed E-state index contributed by atoms with van der Waals surface area (Å²) >= 11 is 0. The lowest BCUT2D eigenvalue weighted by atomic mass is 9.88. The SMILES string of the molecule is c1ccc(N(c2cc3ccc4cc(-c5cc6ccccc6c6ccccc56)cc5ccc(c2)c3c45)c2ccc3c(c2)c2ccccc2n3-c2ccccc2)cc1. The summed E-state index contributed by atoms with van der Waals surface area (Å²) in [5.74, 6) is 0. The standard InChI is InChI=1S/C54H34N2/c1-3-14-41(15-4-1)55(43-27-28-52-50(34-43)48-21-11-12-22-51(48)56(52)42-16-5-2-6-17-42)44-31-38-25-23-36-29-40(30-37-24-26-39(32-44)54(38)53(36)37)49-33-35-13-7-8-18-45(35)46-19-9-10-20-47(46)49/h1-34H. The number of hydrogen-bond donors (Lipinski definition) is 0. The zero-order valence-electron chi connectivity index (χ0n) is 30.5. The Bertz CT molecular complexity index is 3400. The van der Waals surface area contributed by atoms with Gasteiger partial charge in [0.2, 0.25) is 0 Å². The molecule has 12 rings (SSSR count). The molecule has 0 spiro atoms. The maximum Gasteiger partial charge on any atom is 0.0542 e. The predicted molar refractivity (Wildman–Crippen MR) is 240 cm³/mol. The first-order valence-electron chi connectivity index (χ1n) is 19.3. The first kappa shape index (κ1) is 31.0. The van der Waals surface area contributed by atoms with Crippen LogP contribution in [0, 0.1) is 0 Å². The van der Waals surface area contributed by atoms with Crippen LogP contribution in [0.1, 0.15) is 0 Å². The monoisotopic (exact) mass is 710 g/mol. The molecule has 0 amide bonds. The van der Waals surface area contributed by atoms with Crippen LogP contribution in [0.25, 0.3) is 92.5 Å². The van der Waals surface area contributed by atoms with Gasteiger partial charge in [-0.3, -0.25) is 0 Å². The number of fused-ring (bicyclic) bond motifs is 6. The zero-order chi connectivity index (χ0) is 36.7. The van der Waals surface area contributed by atoms with Gasteiger partial charge in [0, 0.05) is 33.5 Å². The van der Waals surface area contributed by atoms with Gasteiger partial charge in [0.15, 0.2) is 0 Å². The number of nitrogens with zero attached hydrogens (tertiary/aromatic N) is 2. The Balaban J connectivity index is 1.04. The number of para-hydroxylation sites is 3. The fraction of sp³-hybridized carbons (Fsp3) is 0. The van der Waals surface area contributed by atoms with E-state index in [9.17, 15) is 0 Å². The van der Waals surface area contributed by atoms with Crippen molar-refractivity contribution in [1.82, 2.24) is 4.57 Å². The molecule has 2 heteroatoms. The number of rotatable bonds is 5. The number of anilines is 3. The van der Waals surface area contributed by atoms with Gasteiger partial charge in [0.1, 0.15) is 0 Å².